The van der Waals surface area contributed by atoms with Crippen molar-refractivity contribution in [3.05, 3.63) is 45.2 Å². The number of nitrogens with zero attached hydrogens (tertiary/aromatic N) is 2. The average molecular weight is 371 g/mol. The van der Waals surface area contributed by atoms with Gasteiger partial charge in [-0.05, 0) is 40.2 Å². The van der Waals surface area contributed by atoms with Gasteiger partial charge in [-0.3, -0.25) is 0 Å². The van der Waals surface area contributed by atoms with Gasteiger partial charge in [-0.15, -0.1) is 0 Å². The minimum absolute atomic E-state index is 0.311. The summed E-state index contributed by atoms with van der Waals surface area (Å²) in [6, 6.07) is 6.52. The maximum absolute atomic E-state index is 13.3. The van der Waals surface area contributed by atoms with Crippen LogP contribution in [0.2, 0.25) is 0 Å². The standard InChI is InChI=1S/C12H6Br2FN3/c13-7-1-6(2-9(15)3-7)11-17-10-4-8(14)5-16-12(10)18-11/h1-5H,(H,16,17,18). The molecule has 0 saturated heterocycles. The van der Waals surface area contributed by atoms with Gasteiger partial charge in [0.2, 0.25) is 0 Å². The number of H-pyrrole nitrogens is 1. The van der Waals surface area contributed by atoms with Crippen molar-refractivity contribution in [1.29, 1.82) is 0 Å². The highest BCUT2D eigenvalue weighted by Gasteiger charge is 2.08. The minimum atomic E-state index is -0.311. The monoisotopic (exact) mass is 369 g/mol. The van der Waals surface area contributed by atoms with Crippen molar-refractivity contribution < 1.29 is 4.39 Å². The molecule has 0 fully saturated rings. The molecule has 90 valence electrons. The normalized spacial score (nSPS) is 11.1. The molecular formula is C12H6Br2FN3. The summed E-state index contributed by atoms with van der Waals surface area (Å²) in [6.45, 7) is 0. The van der Waals surface area contributed by atoms with Crippen LogP contribution in [0.1, 0.15) is 0 Å². The van der Waals surface area contributed by atoms with E-state index < -0.39 is 0 Å². The third kappa shape index (κ3) is 2.18. The van der Waals surface area contributed by atoms with Gasteiger partial charge in [0.15, 0.2) is 5.65 Å². The molecule has 0 unspecified atom stereocenters. The molecular weight excluding hydrogens is 365 g/mol. The Morgan fingerprint density at radius 1 is 1.06 bits per heavy atom. The number of imidazole rings is 1. The van der Waals surface area contributed by atoms with E-state index in [1.807, 2.05) is 6.07 Å². The zero-order valence-corrected chi connectivity index (χ0v) is 12.1. The molecule has 3 aromatic rings. The lowest BCUT2D eigenvalue weighted by atomic mass is 10.2. The molecule has 0 amide bonds. The Morgan fingerprint density at radius 2 is 1.89 bits per heavy atom. The molecule has 0 aliphatic rings. The number of rotatable bonds is 1. The summed E-state index contributed by atoms with van der Waals surface area (Å²) in [6.07, 6.45) is 1.68. The third-order valence-electron chi connectivity index (χ3n) is 2.44. The van der Waals surface area contributed by atoms with Gasteiger partial charge < -0.3 is 4.98 Å². The van der Waals surface area contributed by atoms with Crippen LogP contribution in [0, 0.1) is 5.82 Å². The summed E-state index contributed by atoms with van der Waals surface area (Å²) in [5, 5.41) is 0. The second-order valence-corrected chi connectivity index (χ2v) is 5.60. The van der Waals surface area contributed by atoms with Crippen molar-refractivity contribution in [3.63, 3.8) is 0 Å². The van der Waals surface area contributed by atoms with Gasteiger partial charge in [-0.1, -0.05) is 15.9 Å². The smallest absolute Gasteiger partial charge is 0.178 e. The van der Waals surface area contributed by atoms with Crippen molar-refractivity contribution >= 4 is 43.0 Å². The number of hydrogen-bond donors (Lipinski definition) is 1. The quantitative estimate of drug-likeness (QED) is 0.694. The summed E-state index contributed by atoms with van der Waals surface area (Å²) in [5.41, 5.74) is 2.09. The molecule has 3 nitrogen and oxygen atoms in total. The molecule has 6 heteroatoms. The fourth-order valence-electron chi connectivity index (χ4n) is 1.70. The minimum Gasteiger partial charge on any atom is -0.337 e. The van der Waals surface area contributed by atoms with E-state index in [4.69, 9.17) is 0 Å². The van der Waals surface area contributed by atoms with Crippen LogP contribution in [0.3, 0.4) is 0 Å². The van der Waals surface area contributed by atoms with Gasteiger partial charge >= 0.3 is 0 Å². The van der Waals surface area contributed by atoms with Crippen molar-refractivity contribution in [2.45, 2.75) is 0 Å². The van der Waals surface area contributed by atoms with E-state index in [1.165, 1.54) is 12.1 Å². The van der Waals surface area contributed by atoms with Gasteiger partial charge in [0.1, 0.15) is 11.6 Å². The summed E-state index contributed by atoms with van der Waals surface area (Å²) in [4.78, 5) is 11.6. The van der Waals surface area contributed by atoms with Crippen molar-refractivity contribution in [2.24, 2.45) is 0 Å². The first-order valence-electron chi connectivity index (χ1n) is 5.09. The first-order chi connectivity index (χ1) is 8.61. The largest absolute Gasteiger partial charge is 0.337 e. The Kier molecular flexibility index (Phi) is 2.91. The molecule has 3 rings (SSSR count). The molecule has 1 N–H and O–H groups in total. The molecule has 1 aromatic carbocycles. The average Bonchev–Trinajstić information content (AvgIpc) is 2.70. The molecule has 0 aliphatic carbocycles. The Hall–Kier alpha value is -1.27. The first-order valence-corrected chi connectivity index (χ1v) is 6.68. The van der Waals surface area contributed by atoms with E-state index in [2.05, 4.69) is 46.8 Å². The van der Waals surface area contributed by atoms with E-state index in [9.17, 15) is 4.39 Å². The van der Waals surface area contributed by atoms with Gasteiger partial charge in [-0.2, -0.15) is 0 Å². The lowest BCUT2D eigenvalue weighted by Crippen LogP contribution is -1.83. The fraction of sp³-hybridized carbons (Fsp3) is 0. The highest BCUT2D eigenvalue weighted by atomic mass is 79.9. The molecule has 2 aromatic heterocycles. The third-order valence-corrected chi connectivity index (χ3v) is 3.33. The van der Waals surface area contributed by atoms with Crippen LogP contribution >= 0.6 is 31.9 Å². The van der Waals surface area contributed by atoms with Crippen LogP contribution < -0.4 is 0 Å². The maximum Gasteiger partial charge on any atom is 0.178 e. The van der Waals surface area contributed by atoms with Gasteiger partial charge in [0, 0.05) is 20.7 Å². The second kappa shape index (κ2) is 4.44. The Bertz CT molecular complexity index is 719. The predicted molar refractivity (Wildman–Crippen MR) is 74.7 cm³/mol. The predicted octanol–water partition coefficient (Wildman–Crippen LogP) is 4.29. The Morgan fingerprint density at radius 3 is 2.67 bits per heavy atom. The summed E-state index contributed by atoms with van der Waals surface area (Å²) in [5.74, 6) is 0.282. The number of hydrogen-bond acceptors (Lipinski definition) is 2. The highest BCUT2D eigenvalue weighted by Crippen LogP contribution is 2.25. The zero-order valence-electron chi connectivity index (χ0n) is 8.92. The Balaban J connectivity index is 2.19. The molecule has 0 atom stereocenters. The number of halogens is 3. The van der Waals surface area contributed by atoms with Crippen LogP contribution in [-0.4, -0.2) is 15.0 Å². The van der Waals surface area contributed by atoms with Crippen LogP contribution in [0.15, 0.2) is 39.4 Å². The van der Waals surface area contributed by atoms with E-state index >= 15 is 0 Å². The zero-order chi connectivity index (χ0) is 12.7. The van der Waals surface area contributed by atoms with Crippen LogP contribution in [-0.2, 0) is 0 Å². The van der Waals surface area contributed by atoms with Crippen molar-refractivity contribution in [1.82, 2.24) is 15.0 Å². The van der Waals surface area contributed by atoms with E-state index in [-0.39, 0.29) is 5.82 Å². The molecule has 0 aliphatic heterocycles. The summed E-state index contributed by atoms with van der Waals surface area (Å²) in [7, 11) is 0. The fourth-order valence-corrected chi connectivity index (χ4v) is 2.50. The van der Waals surface area contributed by atoms with Crippen LogP contribution in [0.5, 0.6) is 0 Å². The molecule has 18 heavy (non-hydrogen) atoms. The van der Waals surface area contributed by atoms with Crippen LogP contribution in [0.4, 0.5) is 4.39 Å². The second-order valence-electron chi connectivity index (χ2n) is 3.77. The Labute approximate surface area is 119 Å². The number of benzene rings is 1. The highest BCUT2D eigenvalue weighted by molar-refractivity contribution is 9.10. The molecule has 0 saturated carbocycles. The van der Waals surface area contributed by atoms with Gasteiger partial charge in [0.25, 0.3) is 0 Å². The maximum atomic E-state index is 13.3. The molecule has 0 spiro atoms. The first kappa shape index (κ1) is 11.8. The van der Waals surface area contributed by atoms with Crippen molar-refractivity contribution in [2.75, 3.05) is 0 Å². The van der Waals surface area contributed by atoms with Crippen molar-refractivity contribution in [3.8, 4) is 11.4 Å². The molecule has 0 radical (unpaired) electrons. The van der Waals surface area contributed by atoms with Gasteiger partial charge in [-0.25, -0.2) is 14.4 Å². The topological polar surface area (TPSA) is 41.6 Å². The van der Waals surface area contributed by atoms with E-state index in [0.717, 1.165) is 9.99 Å². The number of aromatic nitrogens is 3. The van der Waals surface area contributed by atoms with Crippen LogP contribution in [0.25, 0.3) is 22.6 Å². The summed E-state index contributed by atoms with van der Waals surface area (Å²) < 4.78 is 14.9. The molecule has 0 bridgehead atoms. The number of aromatic amines is 1. The lowest BCUT2D eigenvalue weighted by molar-refractivity contribution is 0.627. The van der Waals surface area contributed by atoms with E-state index in [0.29, 0.717) is 21.5 Å². The SMILES string of the molecule is Fc1cc(Br)cc(-c2nc3ncc(Br)cc3[nH]2)c1. The lowest BCUT2D eigenvalue weighted by Gasteiger charge is -1.98. The number of fused-ring (bicyclic) bond motifs is 1. The molecule has 2 heterocycles. The number of pyridine rings is 1. The number of nitrogens with one attached hydrogen (secondary N) is 1. The summed E-state index contributed by atoms with van der Waals surface area (Å²) >= 11 is 6.60. The van der Waals surface area contributed by atoms with E-state index in [1.54, 1.807) is 12.3 Å². The van der Waals surface area contributed by atoms with Gasteiger partial charge in [0.05, 0.1) is 5.52 Å².